The molecule has 0 heterocycles. The Morgan fingerprint density at radius 3 is 2.03 bits per heavy atom. The molecule has 3 aromatic carbocycles. The van der Waals surface area contributed by atoms with E-state index < -0.39 is 10.0 Å². The highest BCUT2D eigenvalue weighted by atomic mass is 32.2. The van der Waals surface area contributed by atoms with Crippen LogP contribution in [-0.4, -0.2) is 20.1 Å². The summed E-state index contributed by atoms with van der Waals surface area (Å²) >= 11 is 0. The molecule has 1 amide bonds. The van der Waals surface area contributed by atoms with Crippen LogP contribution in [0.3, 0.4) is 0 Å². The van der Waals surface area contributed by atoms with Gasteiger partial charge >= 0.3 is 0 Å². The van der Waals surface area contributed by atoms with Crippen molar-refractivity contribution in [3.8, 4) is 0 Å². The highest BCUT2D eigenvalue weighted by molar-refractivity contribution is 7.89. The van der Waals surface area contributed by atoms with Gasteiger partial charge in [0.1, 0.15) is 0 Å². The monoisotopic (exact) mass is 450 g/mol. The van der Waals surface area contributed by atoms with E-state index in [0.29, 0.717) is 16.7 Å². The first-order valence-electron chi connectivity index (χ1n) is 10.3. The molecule has 0 fully saturated rings. The van der Waals surface area contributed by atoms with Crippen LogP contribution in [0.5, 0.6) is 0 Å². The smallest absolute Gasteiger partial charge is 0.255 e. The van der Waals surface area contributed by atoms with Crippen LogP contribution in [0.4, 0.5) is 5.69 Å². The van der Waals surface area contributed by atoms with E-state index in [-0.39, 0.29) is 29.0 Å². The lowest BCUT2D eigenvalue weighted by Crippen LogP contribution is -2.23. The first-order valence-corrected chi connectivity index (χ1v) is 11.8. The molecular weight excluding hydrogens is 424 g/mol. The zero-order chi connectivity index (χ0) is 23.3. The number of carbonyl (C=O) groups is 2. The minimum absolute atomic E-state index is 0.0782. The van der Waals surface area contributed by atoms with Crippen molar-refractivity contribution >= 4 is 27.4 Å². The van der Waals surface area contributed by atoms with E-state index in [1.165, 1.54) is 31.2 Å². The third-order valence-corrected chi connectivity index (χ3v) is 6.50. The number of nitrogens with one attached hydrogen (secondary N) is 2. The molecule has 0 aromatic heterocycles. The fourth-order valence-electron chi connectivity index (χ4n) is 3.21. The van der Waals surface area contributed by atoms with Crippen LogP contribution < -0.4 is 10.0 Å². The Morgan fingerprint density at radius 1 is 0.844 bits per heavy atom. The summed E-state index contributed by atoms with van der Waals surface area (Å²) in [6, 6.07) is 20.2. The van der Waals surface area contributed by atoms with Gasteiger partial charge in [-0.1, -0.05) is 56.3 Å². The summed E-state index contributed by atoms with van der Waals surface area (Å²) in [7, 11) is -3.72. The van der Waals surface area contributed by atoms with Crippen LogP contribution >= 0.6 is 0 Å². The lowest BCUT2D eigenvalue weighted by Gasteiger charge is -2.14. The van der Waals surface area contributed by atoms with Gasteiger partial charge in [0.05, 0.1) is 4.90 Å². The van der Waals surface area contributed by atoms with Crippen LogP contribution in [0.25, 0.3) is 0 Å². The lowest BCUT2D eigenvalue weighted by atomic mass is 10.0. The van der Waals surface area contributed by atoms with Crippen molar-refractivity contribution in [2.45, 2.75) is 38.1 Å². The Labute approximate surface area is 188 Å². The molecule has 0 spiro atoms. The van der Waals surface area contributed by atoms with Gasteiger partial charge in [-0.15, -0.1) is 0 Å². The SMILES string of the molecule is CC(=O)c1ccc(S(=O)(=O)NCc2ccc(C(=O)Nc3ccccc3C(C)C)cc2)cc1. The summed E-state index contributed by atoms with van der Waals surface area (Å²) in [6.07, 6.45) is 0. The Bertz CT molecular complexity index is 1220. The number of rotatable bonds is 8. The van der Waals surface area contributed by atoms with Gasteiger partial charge < -0.3 is 5.32 Å². The second-order valence-corrected chi connectivity index (χ2v) is 9.57. The molecule has 6 nitrogen and oxygen atoms in total. The number of Topliss-reactive ketones (excluding diaryl/α,β-unsaturated/α-hetero) is 1. The Morgan fingerprint density at radius 2 is 1.44 bits per heavy atom. The van der Waals surface area contributed by atoms with E-state index in [2.05, 4.69) is 23.9 Å². The number of anilines is 1. The maximum atomic E-state index is 12.6. The molecule has 0 saturated carbocycles. The minimum Gasteiger partial charge on any atom is -0.322 e. The van der Waals surface area contributed by atoms with Crippen LogP contribution in [0.2, 0.25) is 0 Å². The van der Waals surface area contributed by atoms with Crippen molar-refractivity contribution in [1.29, 1.82) is 0 Å². The van der Waals surface area contributed by atoms with Crippen LogP contribution in [0, 0.1) is 0 Å². The van der Waals surface area contributed by atoms with E-state index in [4.69, 9.17) is 0 Å². The number of sulfonamides is 1. The van der Waals surface area contributed by atoms with Gasteiger partial charge in [-0.3, -0.25) is 9.59 Å². The van der Waals surface area contributed by atoms with Crippen molar-refractivity contribution < 1.29 is 18.0 Å². The largest absolute Gasteiger partial charge is 0.322 e. The zero-order valence-electron chi connectivity index (χ0n) is 18.3. The van der Waals surface area contributed by atoms with Crippen LogP contribution in [0.1, 0.15) is 58.5 Å². The molecule has 0 unspecified atom stereocenters. The van der Waals surface area contributed by atoms with Gasteiger partial charge in [-0.2, -0.15) is 0 Å². The summed E-state index contributed by atoms with van der Waals surface area (Å²) in [5.41, 5.74) is 3.49. The summed E-state index contributed by atoms with van der Waals surface area (Å²) in [5, 5.41) is 2.94. The first-order chi connectivity index (χ1) is 15.2. The molecular formula is C25H26N2O4S. The summed E-state index contributed by atoms with van der Waals surface area (Å²) < 4.78 is 27.5. The summed E-state index contributed by atoms with van der Waals surface area (Å²) in [6.45, 7) is 5.64. The highest BCUT2D eigenvalue weighted by Gasteiger charge is 2.15. The number of para-hydroxylation sites is 1. The van der Waals surface area contributed by atoms with E-state index in [0.717, 1.165) is 11.3 Å². The van der Waals surface area contributed by atoms with Crippen molar-refractivity contribution in [3.63, 3.8) is 0 Å². The van der Waals surface area contributed by atoms with E-state index in [9.17, 15) is 18.0 Å². The van der Waals surface area contributed by atoms with E-state index in [1.54, 1.807) is 24.3 Å². The third-order valence-electron chi connectivity index (χ3n) is 5.08. The quantitative estimate of drug-likeness (QED) is 0.485. The molecule has 0 aliphatic carbocycles. The molecule has 0 saturated heterocycles. The molecule has 3 aromatic rings. The third kappa shape index (κ3) is 5.69. The van der Waals surface area contributed by atoms with Gasteiger partial charge in [0.15, 0.2) is 5.78 Å². The van der Waals surface area contributed by atoms with Gasteiger partial charge in [-0.25, -0.2) is 13.1 Å². The molecule has 2 N–H and O–H groups in total. The van der Waals surface area contributed by atoms with Gasteiger partial charge in [0.25, 0.3) is 5.91 Å². The molecule has 0 atom stereocenters. The molecule has 0 radical (unpaired) electrons. The fraction of sp³-hybridized carbons (Fsp3) is 0.200. The lowest BCUT2D eigenvalue weighted by molar-refractivity contribution is 0.101. The number of carbonyl (C=O) groups excluding carboxylic acids is 2. The van der Waals surface area contributed by atoms with Gasteiger partial charge in [-0.05, 0) is 54.3 Å². The number of benzene rings is 3. The van der Waals surface area contributed by atoms with E-state index in [1.807, 2.05) is 24.3 Å². The highest BCUT2D eigenvalue weighted by Crippen LogP contribution is 2.24. The summed E-state index contributed by atoms with van der Waals surface area (Å²) in [5.74, 6) is -0.0740. The predicted octanol–water partition coefficient (Wildman–Crippen LogP) is 4.74. The first kappa shape index (κ1) is 23.4. The number of ketones is 1. The Kier molecular flexibility index (Phi) is 7.22. The van der Waals surface area contributed by atoms with Crippen LogP contribution in [0.15, 0.2) is 77.7 Å². The molecule has 166 valence electrons. The zero-order valence-corrected chi connectivity index (χ0v) is 19.1. The average molecular weight is 451 g/mol. The van der Waals surface area contributed by atoms with Gasteiger partial charge in [0, 0.05) is 23.4 Å². The second kappa shape index (κ2) is 9.89. The summed E-state index contributed by atoms with van der Waals surface area (Å²) in [4.78, 5) is 24.1. The molecule has 0 aliphatic rings. The second-order valence-electron chi connectivity index (χ2n) is 7.80. The molecule has 7 heteroatoms. The Balaban J connectivity index is 1.64. The fourth-order valence-corrected chi connectivity index (χ4v) is 4.23. The average Bonchev–Trinajstić information content (AvgIpc) is 2.78. The number of hydrogen-bond acceptors (Lipinski definition) is 4. The maximum Gasteiger partial charge on any atom is 0.255 e. The molecule has 32 heavy (non-hydrogen) atoms. The van der Waals surface area contributed by atoms with E-state index >= 15 is 0 Å². The van der Waals surface area contributed by atoms with Gasteiger partial charge in [0.2, 0.25) is 10.0 Å². The van der Waals surface area contributed by atoms with Crippen molar-refractivity contribution in [1.82, 2.24) is 4.72 Å². The minimum atomic E-state index is -3.72. The topological polar surface area (TPSA) is 92.3 Å². The van der Waals surface area contributed by atoms with Crippen LogP contribution in [-0.2, 0) is 16.6 Å². The standard InChI is InChI=1S/C25H26N2O4S/c1-17(2)23-6-4-5-7-24(23)27-25(29)21-10-8-19(9-11-21)16-26-32(30,31)22-14-12-20(13-15-22)18(3)28/h4-15,17,26H,16H2,1-3H3,(H,27,29). The maximum absolute atomic E-state index is 12.6. The molecule has 3 rings (SSSR count). The number of hydrogen-bond donors (Lipinski definition) is 2. The number of amides is 1. The van der Waals surface area contributed by atoms with Crippen molar-refractivity contribution in [3.05, 3.63) is 95.1 Å². The van der Waals surface area contributed by atoms with Crippen molar-refractivity contribution in [2.24, 2.45) is 0 Å². The molecule has 0 aliphatic heterocycles. The normalized spacial score (nSPS) is 11.4. The Hall–Kier alpha value is -3.29. The molecule has 0 bridgehead atoms. The van der Waals surface area contributed by atoms with Crippen molar-refractivity contribution in [2.75, 3.05) is 5.32 Å². The predicted molar refractivity (Wildman–Crippen MR) is 125 cm³/mol.